The van der Waals surface area contributed by atoms with Crippen LogP contribution in [0.3, 0.4) is 0 Å². The number of hydrogen-bond donors (Lipinski definition) is 2. The van der Waals surface area contributed by atoms with Gasteiger partial charge in [-0.05, 0) is 37.5 Å². The van der Waals surface area contributed by atoms with Crippen LogP contribution in [0.15, 0.2) is 30.5 Å². The van der Waals surface area contributed by atoms with Crippen LogP contribution in [0, 0.1) is 13.8 Å². The van der Waals surface area contributed by atoms with Crippen molar-refractivity contribution in [2.45, 2.75) is 32.8 Å². The molecule has 4 rings (SSSR count). The van der Waals surface area contributed by atoms with E-state index in [1.54, 1.807) is 12.3 Å². The molecule has 0 spiro atoms. The molecule has 1 aromatic carbocycles. The van der Waals surface area contributed by atoms with Gasteiger partial charge in [0.1, 0.15) is 17.5 Å². The summed E-state index contributed by atoms with van der Waals surface area (Å²) >= 11 is 7.54. The maximum Gasteiger partial charge on any atom is 0.188 e. The van der Waals surface area contributed by atoms with Gasteiger partial charge < -0.3 is 15.3 Å². The Hall–Kier alpha value is -2.55. The van der Waals surface area contributed by atoms with Crippen LogP contribution < -0.4 is 10.2 Å². The molecule has 0 saturated carbocycles. The van der Waals surface area contributed by atoms with E-state index in [2.05, 4.69) is 20.3 Å². The number of Topliss-reactive ketones (excluding diaryl/α,β-unsaturated/α-hetero) is 1. The number of rotatable bonds is 6. The average molecular weight is 444 g/mol. The summed E-state index contributed by atoms with van der Waals surface area (Å²) in [7, 11) is 0. The quantitative estimate of drug-likeness (QED) is 0.557. The molecule has 30 heavy (non-hydrogen) atoms. The molecule has 1 saturated heterocycles. The summed E-state index contributed by atoms with van der Waals surface area (Å²) in [5, 5.41) is 14.1. The number of benzene rings is 1. The highest BCUT2D eigenvalue weighted by Crippen LogP contribution is 2.27. The van der Waals surface area contributed by atoms with Crippen LogP contribution in [0.25, 0.3) is 0 Å². The fourth-order valence-electron chi connectivity index (χ4n) is 3.44. The first-order chi connectivity index (χ1) is 14.4. The van der Waals surface area contributed by atoms with Gasteiger partial charge >= 0.3 is 0 Å². The summed E-state index contributed by atoms with van der Waals surface area (Å²) in [5.74, 6) is 1.97. The van der Waals surface area contributed by atoms with Gasteiger partial charge in [0, 0.05) is 30.6 Å². The number of anilines is 3. The van der Waals surface area contributed by atoms with E-state index in [1.807, 2.05) is 36.9 Å². The summed E-state index contributed by atoms with van der Waals surface area (Å²) in [6, 6.07) is 7.45. The lowest BCUT2D eigenvalue weighted by Gasteiger charge is -2.17. The fraction of sp³-hybridized carbons (Fsp3) is 0.333. The molecule has 0 bridgehead atoms. The fourth-order valence-corrected chi connectivity index (χ4v) is 4.49. The van der Waals surface area contributed by atoms with Crippen LogP contribution in [0.1, 0.15) is 33.0 Å². The number of carbonyl (C=O) groups excluding carboxylic acids is 1. The maximum absolute atomic E-state index is 12.7. The Kier molecular flexibility index (Phi) is 5.99. The van der Waals surface area contributed by atoms with Gasteiger partial charge in [-0.15, -0.1) is 0 Å². The third kappa shape index (κ3) is 4.61. The van der Waals surface area contributed by atoms with E-state index in [0.717, 1.165) is 29.9 Å². The normalized spacial score (nSPS) is 16.1. The Balaban J connectivity index is 1.48. The molecule has 1 aliphatic heterocycles. The number of aliphatic hydroxyl groups excluding tert-OH is 1. The lowest BCUT2D eigenvalue weighted by molar-refractivity contribution is 0.0996. The second kappa shape index (κ2) is 8.67. The second-order valence-electron chi connectivity index (χ2n) is 7.34. The molecule has 156 valence electrons. The number of nitrogens with one attached hydrogen (secondary N) is 1. The standard InChI is InChI=1S/C21H22ClN5O2S/c1-12-4-3-5-16(22)15(12)8-17(29)18-10-23-21(30-18)26-19-9-20(25-13(2)24-19)27-7-6-14(28)11-27/h3-5,9-10,14,28H,6-8,11H2,1-2H3,(H,23,24,25,26)/t14-/m0/s1. The van der Waals surface area contributed by atoms with Crippen LogP contribution >= 0.6 is 22.9 Å². The van der Waals surface area contributed by atoms with Crippen molar-refractivity contribution in [1.82, 2.24) is 15.0 Å². The van der Waals surface area contributed by atoms with E-state index in [1.165, 1.54) is 11.3 Å². The highest BCUT2D eigenvalue weighted by molar-refractivity contribution is 7.17. The predicted octanol–water partition coefficient (Wildman–Crippen LogP) is 3.94. The summed E-state index contributed by atoms with van der Waals surface area (Å²) in [4.78, 5) is 28.5. The second-order valence-corrected chi connectivity index (χ2v) is 8.77. The van der Waals surface area contributed by atoms with Gasteiger partial charge in [0.2, 0.25) is 0 Å². The van der Waals surface area contributed by atoms with E-state index in [-0.39, 0.29) is 18.3 Å². The molecule has 0 amide bonds. The first kappa shape index (κ1) is 20.7. The lowest BCUT2D eigenvalue weighted by Crippen LogP contribution is -2.22. The largest absolute Gasteiger partial charge is 0.391 e. The van der Waals surface area contributed by atoms with Gasteiger partial charge in [-0.3, -0.25) is 4.79 Å². The van der Waals surface area contributed by atoms with Crippen molar-refractivity contribution in [3.63, 3.8) is 0 Å². The third-order valence-corrected chi connectivity index (χ3v) is 6.33. The average Bonchev–Trinajstić information content (AvgIpc) is 3.33. The van der Waals surface area contributed by atoms with Gasteiger partial charge in [0.05, 0.1) is 17.2 Å². The monoisotopic (exact) mass is 443 g/mol. The molecule has 0 aliphatic carbocycles. The molecule has 1 atom stereocenters. The van der Waals surface area contributed by atoms with E-state index < -0.39 is 0 Å². The Morgan fingerprint density at radius 2 is 2.20 bits per heavy atom. The Morgan fingerprint density at radius 3 is 2.93 bits per heavy atom. The van der Waals surface area contributed by atoms with Crippen LogP contribution in [0.2, 0.25) is 5.02 Å². The van der Waals surface area contributed by atoms with Crippen molar-refractivity contribution >= 4 is 45.5 Å². The summed E-state index contributed by atoms with van der Waals surface area (Å²) in [5.41, 5.74) is 1.84. The number of halogens is 1. The van der Waals surface area contributed by atoms with Crippen LogP contribution in [0.4, 0.5) is 16.8 Å². The molecule has 9 heteroatoms. The van der Waals surface area contributed by atoms with Crippen molar-refractivity contribution in [3.05, 3.63) is 57.3 Å². The van der Waals surface area contributed by atoms with Crippen LogP contribution in [-0.2, 0) is 6.42 Å². The number of aliphatic hydroxyl groups is 1. The number of ketones is 1. The van der Waals surface area contributed by atoms with Crippen molar-refractivity contribution in [2.75, 3.05) is 23.3 Å². The SMILES string of the molecule is Cc1nc(Nc2ncc(C(=O)Cc3c(C)cccc3Cl)s2)cc(N2CC[C@H](O)C2)n1. The van der Waals surface area contributed by atoms with E-state index in [9.17, 15) is 9.90 Å². The number of hydrogen-bond acceptors (Lipinski definition) is 8. The third-order valence-electron chi connectivity index (χ3n) is 5.02. The molecule has 1 fully saturated rings. The van der Waals surface area contributed by atoms with Crippen LogP contribution in [-0.4, -0.2) is 45.0 Å². The van der Waals surface area contributed by atoms with Gasteiger partial charge in [-0.25, -0.2) is 15.0 Å². The molecule has 1 aliphatic rings. The number of nitrogens with zero attached hydrogens (tertiary/aromatic N) is 4. The zero-order valence-electron chi connectivity index (χ0n) is 16.7. The molecule has 3 heterocycles. The van der Waals surface area contributed by atoms with Gasteiger partial charge in [0.25, 0.3) is 0 Å². The topological polar surface area (TPSA) is 91.2 Å². The number of aryl methyl sites for hydroxylation is 2. The van der Waals surface area contributed by atoms with Gasteiger partial charge in [-0.2, -0.15) is 0 Å². The summed E-state index contributed by atoms with van der Waals surface area (Å²) in [6.45, 7) is 5.09. The Labute approximate surface area is 183 Å². The first-order valence-electron chi connectivity index (χ1n) is 9.68. The van der Waals surface area contributed by atoms with Crippen molar-refractivity contribution in [3.8, 4) is 0 Å². The minimum Gasteiger partial charge on any atom is -0.391 e. The number of aromatic nitrogens is 3. The smallest absolute Gasteiger partial charge is 0.188 e. The summed E-state index contributed by atoms with van der Waals surface area (Å²) in [6.07, 6.45) is 2.22. The minimum atomic E-state index is -0.328. The van der Waals surface area contributed by atoms with Gasteiger partial charge in [0.15, 0.2) is 10.9 Å². The highest BCUT2D eigenvalue weighted by Gasteiger charge is 2.22. The highest BCUT2D eigenvalue weighted by atomic mass is 35.5. The number of thiazole rings is 1. The number of β-amino-alcohol motifs (C(OH)–C–C–N with tert-alkyl or cyclic N) is 1. The maximum atomic E-state index is 12.7. The molecule has 2 aromatic heterocycles. The molecule has 0 unspecified atom stereocenters. The first-order valence-corrected chi connectivity index (χ1v) is 10.9. The molecular formula is C21H22ClN5O2S. The lowest BCUT2D eigenvalue weighted by atomic mass is 10.0. The van der Waals surface area contributed by atoms with Gasteiger partial charge in [-0.1, -0.05) is 35.1 Å². The number of carbonyl (C=O) groups is 1. The molecular weight excluding hydrogens is 422 g/mol. The summed E-state index contributed by atoms with van der Waals surface area (Å²) < 4.78 is 0. The Bertz CT molecular complexity index is 1070. The van der Waals surface area contributed by atoms with Crippen molar-refractivity contribution < 1.29 is 9.90 Å². The molecule has 2 N–H and O–H groups in total. The van der Waals surface area contributed by atoms with Crippen LogP contribution in [0.5, 0.6) is 0 Å². The van der Waals surface area contributed by atoms with E-state index >= 15 is 0 Å². The van der Waals surface area contributed by atoms with E-state index in [4.69, 9.17) is 11.6 Å². The Morgan fingerprint density at radius 1 is 1.37 bits per heavy atom. The van der Waals surface area contributed by atoms with Crippen molar-refractivity contribution in [1.29, 1.82) is 0 Å². The molecule has 0 radical (unpaired) electrons. The zero-order valence-corrected chi connectivity index (χ0v) is 18.3. The van der Waals surface area contributed by atoms with E-state index in [0.29, 0.717) is 33.2 Å². The predicted molar refractivity (Wildman–Crippen MR) is 119 cm³/mol. The molecule has 3 aromatic rings. The zero-order chi connectivity index (χ0) is 21.3. The van der Waals surface area contributed by atoms with Crippen molar-refractivity contribution in [2.24, 2.45) is 0 Å². The minimum absolute atomic E-state index is 0.0256. The molecule has 7 nitrogen and oxygen atoms in total.